The van der Waals surface area contributed by atoms with E-state index in [1.54, 1.807) is 0 Å². The van der Waals surface area contributed by atoms with Gasteiger partial charge in [0.05, 0.1) is 0 Å². The molecule has 0 rings (SSSR count). The molecule has 7 nitrogen and oxygen atoms in total. The third-order valence-corrected chi connectivity index (χ3v) is 3.63. The van der Waals surface area contributed by atoms with Crippen molar-refractivity contribution in [2.45, 2.75) is 39.8 Å². The van der Waals surface area contributed by atoms with Crippen molar-refractivity contribution in [2.24, 2.45) is 11.8 Å². The number of likely N-dealkylation sites (N-methyl/N-ethyl adjacent to an activating group) is 2. The second kappa shape index (κ2) is 10.4. The molecule has 0 aromatic carbocycles. The van der Waals surface area contributed by atoms with E-state index in [1.165, 1.54) is 19.0 Å². The largest absolute Gasteiger partial charge is 0.444 e. The molecule has 0 saturated heterocycles. The Hall–Kier alpha value is -1.44. The molecular weight excluding hydrogens is 318 g/mol. The predicted octanol–water partition coefficient (Wildman–Crippen LogP) is -0.0223. The number of hydrogen-bond acceptors (Lipinski definition) is 4. The van der Waals surface area contributed by atoms with Gasteiger partial charge in [-0.05, 0) is 24.5 Å². The van der Waals surface area contributed by atoms with Crippen LogP contribution in [0.15, 0.2) is 0 Å². The number of nitrogens with zero attached hydrogens (tertiary/aromatic N) is 1. The van der Waals surface area contributed by atoms with Crippen LogP contribution in [0.4, 0.5) is 4.79 Å². The highest BCUT2D eigenvalue weighted by Crippen LogP contribution is 2.12. The molecule has 0 spiro atoms. The summed E-state index contributed by atoms with van der Waals surface area (Å²) in [7, 11) is 3.04. The average Bonchev–Trinajstić information content (AvgIpc) is 2.48. The normalized spacial score (nSPS) is 13.4. The van der Waals surface area contributed by atoms with Gasteiger partial charge in [-0.15, -0.1) is 0 Å². The van der Waals surface area contributed by atoms with E-state index < -0.39 is 18.2 Å². The van der Waals surface area contributed by atoms with Crippen LogP contribution in [0, 0.1) is 11.8 Å². The highest BCUT2D eigenvalue weighted by atomic mass is 32.1. The lowest BCUT2D eigenvalue weighted by atomic mass is 9.99. The minimum atomic E-state index is -0.719. The summed E-state index contributed by atoms with van der Waals surface area (Å²) >= 11 is 3.22. The summed E-state index contributed by atoms with van der Waals surface area (Å²) in [5, 5.41) is 5.27. The topological polar surface area (TPSA) is 87.7 Å². The van der Waals surface area contributed by atoms with E-state index in [9.17, 15) is 14.4 Å². The zero-order valence-corrected chi connectivity index (χ0v) is 15.8. The van der Waals surface area contributed by atoms with Gasteiger partial charge in [-0.25, -0.2) is 4.79 Å². The number of rotatable bonds is 8. The van der Waals surface area contributed by atoms with Gasteiger partial charge in [-0.2, -0.15) is 0 Å². The molecule has 0 aliphatic heterocycles. The smallest absolute Gasteiger partial charge is 0.410 e. The van der Waals surface area contributed by atoms with E-state index in [-0.39, 0.29) is 30.3 Å². The van der Waals surface area contributed by atoms with Crippen molar-refractivity contribution in [1.82, 2.24) is 15.5 Å². The fourth-order valence-corrected chi connectivity index (χ4v) is 2.31. The van der Waals surface area contributed by atoms with Gasteiger partial charge in [0.2, 0.25) is 11.8 Å². The van der Waals surface area contributed by atoms with Crippen molar-refractivity contribution in [3.05, 3.63) is 0 Å². The van der Waals surface area contributed by atoms with Crippen LogP contribution in [0.1, 0.15) is 27.7 Å². The monoisotopic (exact) mass is 348 g/mol. The van der Waals surface area contributed by atoms with Crippen LogP contribution in [0.2, 0.25) is 0 Å². The number of amides is 3. The van der Waals surface area contributed by atoms with Gasteiger partial charge in [0.25, 0.3) is 0 Å². The first kappa shape index (κ1) is 21.6. The molecule has 8 heteroatoms. The summed E-state index contributed by atoms with van der Waals surface area (Å²) < 4.78 is 5.03. The highest BCUT2D eigenvalue weighted by Gasteiger charge is 2.34. The lowest BCUT2D eigenvalue weighted by Crippen LogP contribution is -2.56. The van der Waals surface area contributed by atoms with Crippen LogP contribution in [-0.4, -0.2) is 61.3 Å². The Balaban J connectivity index is 5.11. The van der Waals surface area contributed by atoms with Crippen molar-refractivity contribution in [3.63, 3.8) is 0 Å². The van der Waals surface area contributed by atoms with Crippen LogP contribution in [0.5, 0.6) is 0 Å². The fourth-order valence-electron chi connectivity index (χ4n) is 2.21. The van der Waals surface area contributed by atoms with Crippen molar-refractivity contribution in [3.8, 4) is 0 Å². The standard InChI is InChI=1S/C15H29N3O4S/c1-9(2)11(13(19)16-5)17-14(20)12(10(3)4)18(6)15(21)22-7-8-23/h9-12,23H,7-8H2,1-6H3,(H,16,19)(H,17,20)/p+1/t11-,12-/m0/s1. The third kappa shape index (κ3) is 6.68. The van der Waals surface area contributed by atoms with Crippen molar-refractivity contribution < 1.29 is 19.1 Å². The number of ether oxygens (including phenoxy) is 1. The van der Waals surface area contributed by atoms with E-state index in [1.807, 2.05) is 27.7 Å². The van der Waals surface area contributed by atoms with E-state index in [4.69, 9.17) is 4.74 Å². The molecule has 134 valence electrons. The summed E-state index contributed by atoms with van der Waals surface area (Å²) in [6, 6.07) is -1.37. The summed E-state index contributed by atoms with van der Waals surface area (Å²) in [5.74, 6) is -0.324. The third-order valence-electron chi connectivity index (χ3n) is 3.43. The van der Waals surface area contributed by atoms with Crippen LogP contribution >= 0.6 is 0 Å². The molecule has 2 N–H and O–H groups in total. The summed E-state index contributed by atoms with van der Waals surface area (Å²) in [6.07, 6.45) is -0.571. The Kier molecular flexibility index (Phi) is 9.71. The maximum atomic E-state index is 12.6. The SMILES string of the molecule is CNC(=O)[C@@H](NC(=O)[C@H](C(C)C)N(C)C(=O)OCC[SH2+])C(C)C. The molecule has 23 heavy (non-hydrogen) atoms. The molecule has 0 heterocycles. The molecule has 2 atom stereocenters. The lowest BCUT2D eigenvalue weighted by Gasteiger charge is -2.31. The molecule has 0 fully saturated rings. The molecule has 0 aromatic heterocycles. The Labute approximate surface area is 143 Å². The Morgan fingerprint density at radius 1 is 1.09 bits per heavy atom. The minimum Gasteiger partial charge on any atom is -0.444 e. The average molecular weight is 348 g/mol. The summed E-state index contributed by atoms with van der Waals surface area (Å²) in [6.45, 7) is 7.58. The van der Waals surface area contributed by atoms with Gasteiger partial charge < -0.3 is 15.4 Å². The van der Waals surface area contributed by atoms with E-state index in [2.05, 4.69) is 23.3 Å². The number of carbonyl (C=O) groups excluding carboxylic acids is 3. The minimum absolute atomic E-state index is 0.0721. The summed E-state index contributed by atoms with van der Waals surface area (Å²) in [4.78, 5) is 37.7. The van der Waals surface area contributed by atoms with Gasteiger partial charge in [-0.1, -0.05) is 27.7 Å². The molecular formula is C15H30N3O4S+. The zero-order chi connectivity index (χ0) is 18.2. The van der Waals surface area contributed by atoms with Gasteiger partial charge in [0, 0.05) is 14.1 Å². The van der Waals surface area contributed by atoms with Gasteiger partial charge in [-0.3, -0.25) is 14.5 Å². The number of nitrogens with one attached hydrogen (secondary N) is 2. The van der Waals surface area contributed by atoms with Gasteiger partial charge >= 0.3 is 6.09 Å². The first-order valence-corrected chi connectivity index (χ1v) is 8.44. The maximum absolute atomic E-state index is 12.6. The Morgan fingerprint density at radius 3 is 2.04 bits per heavy atom. The van der Waals surface area contributed by atoms with Crippen molar-refractivity contribution >= 4 is 30.5 Å². The zero-order valence-electron chi connectivity index (χ0n) is 14.8. The first-order chi connectivity index (χ1) is 10.7. The quantitative estimate of drug-likeness (QED) is 0.604. The van der Waals surface area contributed by atoms with Crippen LogP contribution in [0.3, 0.4) is 0 Å². The van der Waals surface area contributed by atoms with Crippen molar-refractivity contribution in [1.29, 1.82) is 0 Å². The van der Waals surface area contributed by atoms with Crippen LogP contribution < -0.4 is 10.6 Å². The lowest BCUT2D eigenvalue weighted by molar-refractivity contribution is -0.133. The van der Waals surface area contributed by atoms with E-state index >= 15 is 0 Å². The number of carbonyl (C=O) groups is 3. The van der Waals surface area contributed by atoms with Gasteiger partial charge in [0.15, 0.2) is 0 Å². The number of hydrogen-bond donors (Lipinski definition) is 2. The molecule has 0 unspecified atom stereocenters. The summed E-state index contributed by atoms with van der Waals surface area (Å²) in [5.41, 5.74) is 0. The molecule has 0 radical (unpaired) electrons. The van der Waals surface area contributed by atoms with Crippen molar-refractivity contribution in [2.75, 3.05) is 26.5 Å². The highest BCUT2D eigenvalue weighted by molar-refractivity contribution is 7.58. The van der Waals surface area contributed by atoms with Crippen LogP contribution in [0.25, 0.3) is 0 Å². The van der Waals surface area contributed by atoms with Crippen LogP contribution in [-0.2, 0) is 27.0 Å². The van der Waals surface area contributed by atoms with E-state index in [0.29, 0.717) is 5.75 Å². The molecule has 0 bridgehead atoms. The second-order valence-corrected chi connectivity index (χ2v) is 6.51. The predicted molar refractivity (Wildman–Crippen MR) is 93.6 cm³/mol. The van der Waals surface area contributed by atoms with Gasteiger partial charge in [0.1, 0.15) is 24.4 Å². The Morgan fingerprint density at radius 2 is 1.65 bits per heavy atom. The molecule has 0 saturated carbocycles. The van der Waals surface area contributed by atoms with E-state index in [0.717, 1.165) is 0 Å². The fraction of sp³-hybridized carbons (Fsp3) is 0.800. The molecule has 0 aromatic rings. The molecule has 0 aliphatic carbocycles. The molecule has 0 aliphatic rings. The Bertz CT molecular complexity index is 416. The molecule has 3 amide bonds. The first-order valence-electron chi connectivity index (χ1n) is 7.73. The maximum Gasteiger partial charge on any atom is 0.410 e. The second-order valence-electron chi connectivity index (χ2n) is 6.01.